The molecule has 7 heteroatoms. The van der Waals surface area contributed by atoms with E-state index in [2.05, 4.69) is 22.3 Å². The monoisotopic (exact) mass is 430 g/mol. The van der Waals surface area contributed by atoms with Gasteiger partial charge in [-0.25, -0.2) is 4.98 Å². The van der Waals surface area contributed by atoms with Crippen molar-refractivity contribution < 1.29 is 9.59 Å². The topological polar surface area (TPSA) is 86.1 Å². The molecule has 0 saturated carbocycles. The van der Waals surface area contributed by atoms with Gasteiger partial charge in [0.2, 0.25) is 5.91 Å². The smallest absolute Gasteiger partial charge is 0.278 e. The molecule has 1 N–H and O–H groups in total. The Morgan fingerprint density at radius 3 is 2.52 bits per heavy atom. The number of anilines is 1. The molecule has 1 aliphatic rings. The quantitative estimate of drug-likeness (QED) is 0.731. The molecule has 1 heterocycles. The molecule has 0 fully saturated rings. The van der Waals surface area contributed by atoms with Crippen LogP contribution >= 0.6 is 11.3 Å². The number of aromatic nitrogens is 1. The van der Waals surface area contributed by atoms with Crippen molar-refractivity contribution in [3.8, 4) is 18.4 Å². The number of carbonyl (C=O) groups is 2. The van der Waals surface area contributed by atoms with Gasteiger partial charge < -0.3 is 5.32 Å². The van der Waals surface area contributed by atoms with Gasteiger partial charge in [0.25, 0.3) is 5.91 Å². The minimum absolute atomic E-state index is 0.169. The number of thiazole rings is 1. The number of allylic oxidation sites excluding steroid dienone is 3. The molecule has 0 spiro atoms. The average molecular weight is 431 g/mol. The van der Waals surface area contributed by atoms with Crippen LogP contribution in [0.3, 0.4) is 0 Å². The summed E-state index contributed by atoms with van der Waals surface area (Å²) in [4.78, 5) is 32.7. The average Bonchev–Trinajstić information content (AvgIpc) is 3.42. The van der Waals surface area contributed by atoms with Gasteiger partial charge in [-0.1, -0.05) is 18.2 Å². The van der Waals surface area contributed by atoms with E-state index < -0.39 is 17.5 Å². The Bertz CT molecular complexity index is 1140. The lowest BCUT2D eigenvalue weighted by Crippen LogP contribution is -2.55. The Morgan fingerprint density at radius 1 is 1.29 bits per heavy atom. The van der Waals surface area contributed by atoms with E-state index in [1.165, 1.54) is 16.2 Å². The first-order valence-corrected chi connectivity index (χ1v) is 10.5. The Labute approximate surface area is 185 Å². The van der Waals surface area contributed by atoms with Crippen LogP contribution < -0.4 is 10.2 Å². The number of amides is 2. The molecule has 1 atom stereocenters. The Morgan fingerprint density at radius 2 is 2.00 bits per heavy atom. The predicted octanol–water partition coefficient (Wildman–Crippen LogP) is 3.81. The predicted molar refractivity (Wildman–Crippen MR) is 122 cm³/mol. The van der Waals surface area contributed by atoms with Gasteiger partial charge in [0.15, 0.2) is 5.01 Å². The molecule has 0 radical (unpaired) electrons. The van der Waals surface area contributed by atoms with Crippen molar-refractivity contribution >= 4 is 28.8 Å². The highest BCUT2D eigenvalue weighted by atomic mass is 32.1. The second kappa shape index (κ2) is 8.99. The molecule has 1 aromatic carbocycles. The highest BCUT2D eigenvalue weighted by Crippen LogP contribution is 2.28. The first kappa shape index (κ1) is 22.0. The zero-order valence-corrected chi connectivity index (χ0v) is 18.4. The molecule has 0 aliphatic heterocycles. The molecule has 156 valence electrons. The van der Waals surface area contributed by atoms with E-state index in [-0.39, 0.29) is 11.6 Å². The molecule has 0 bridgehead atoms. The molecule has 2 amide bonds. The van der Waals surface area contributed by atoms with Crippen LogP contribution in [0, 0.1) is 23.7 Å². The summed E-state index contributed by atoms with van der Waals surface area (Å²) in [7, 11) is 0. The molecular weight excluding hydrogens is 408 g/mol. The zero-order valence-electron chi connectivity index (χ0n) is 17.5. The Kier molecular flexibility index (Phi) is 6.39. The fourth-order valence-corrected chi connectivity index (χ4v) is 3.79. The number of nitrogens with one attached hydrogen (secondary N) is 1. The molecule has 2 aromatic rings. The van der Waals surface area contributed by atoms with Crippen LogP contribution in [0.2, 0.25) is 0 Å². The highest BCUT2D eigenvalue weighted by Gasteiger charge is 2.37. The van der Waals surface area contributed by atoms with Crippen molar-refractivity contribution in [2.75, 3.05) is 4.90 Å². The minimum Gasteiger partial charge on any atom is -0.349 e. The number of terminal acetylenes is 1. The Hall–Kier alpha value is -3.68. The van der Waals surface area contributed by atoms with Crippen LogP contribution in [-0.2, 0) is 4.79 Å². The maximum absolute atomic E-state index is 13.6. The van der Waals surface area contributed by atoms with Crippen LogP contribution in [0.1, 0.15) is 48.3 Å². The summed E-state index contributed by atoms with van der Waals surface area (Å²) in [5.74, 6) is 1.70. The van der Waals surface area contributed by atoms with Gasteiger partial charge in [0.1, 0.15) is 11.7 Å². The number of nitrogens with zero attached hydrogens (tertiary/aromatic N) is 3. The summed E-state index contributed by atoms with van der Waals surface area (Å²) < 4.78 is 0. The number of hydrogen-bond acceptors (Lipinski definition) is 5. The van der Waals surface area contributed by atoms with Crippen LogP contribution in [0.25, 0.3) is 0 Å². The van der Waals surface area contributed by atoms with E-state index >= 15 is 0 Å². The van der Waals surface area contributed by atoms with Gasteiger partial charge in [-0.15, -0.1) is 17.8 Å². The minimum atomic E-state index is -0.884. The van der Waals surface area contributed by atoms with Crippen LogP contribution in [-0.4, -0.2) is 28.4 Å². The maximum Gasteiger partial charge on any atom is 0.278 e. The molecule has 1 aliphatic carbocycles. The van der Waals surface area contributed by atoms with Gasteiger partial charge >= 0.3 is 0 Å². The van der Waals surface area contributed by atoms with Gasteiger partial charge in [0, 0.05) is 16.6 Å². The first-order valence-electron chi connectivity index (χ1n) is 9.67. The summed E-state index contributed by atoms with van der Waals surface area (Å²) in [5, 5.41) is 14.1. The molecule has 6 nitrogen and oxygen atoms in total. The maximum atomic E-state index is 13.6. The second-order valence-electron chi connectivity index (χ2n) is 8.03. The zero-order chi connectivity index (χ0) is 22.6. The van der Waals surface area contributed by atoms with Crippen LogP contribution in [0.5, 0.6) is 0 Å². The van der Waals surface area contributed by atoms with E-state index in [4.69, 9.17) is 11.7 Å². The summed E-state index contributed by atoms with van der Waals surface area (Å²) in [6, 6.07) is 7.73. The first-order chi connectivity index (χ1) is 14.7. The van der Waals surface area contributed by atoms with Gasteiger partial charge in [0.05, 0.1) is 11.6 Å². The van der Waals surface area contributed by atoms with Crippen LogP contribution in [0.4, 0.5) is 5.69 Å². The number of nitriles is 1. The lowest BCUT2D eigenvalue weighted by molar-refractivity contribution is -0.123. The van der Waals surface area contributed by atoms with Crippen molar-refractivity contribution in [1.29, 1.82) is 5.26 Å². The number of carbonyl (C=O) groups excluding carboxylic acids is 2. The van der Waals surface area contributed by atoms with Gasteiger partial charge in [-0.05, 0) is 63.0 Å². The number of rotatable bonds is 5. The summed E-state index contributed by atoms with van der Waals surface area (Å²) in [6.07, 6.45) is 11.6. The summed E-state index contributed by atoms with van der Waals surface area (Å²) in [6.45, 7) is 5.66. The lowest BCUT2D eigenvalue weighted by atomic mass is 9.99. The largest absolute Gasteiger partial charge is 0.349 e. The molecule has 3 rings (SSSR count). The fourth-order valence-electron chi connectivity index (χ4n) is 3.20. The standard InChI is InChI=1S/C24H22N4O2S/c1-5-20-26-19(15-31-20)23(30)28(18-12-10-16(14-25)11-13-18)21(17-8-6-7-9-17)22(29)27-24(2,3)4/h1,6-8,10-13,15,21H,9H2,2-4H3,(H,27,29). The molecule has 1 aromatic heterocycles. The van der Waals surface area contributed by atoms with Crippen molar-refractivity contribution in [1.82, 2.24) is 10.3 Å². The molecular formula is C24H22N4O2S. The Balaban J connectivity index is 2.12. The van der Waals surface area contributed by atoms with Crippen molar-refractivity contribution in [3.63, 3.8) is 0 Å². The van der Waals surface area contributed by atoms with Gasteiger partial charge in [-0.3, -0.25) is 14.5 Å². The molecule has 1 unspecified atom stereocenters. The third kappa shape index (κ3) is 5.09. The third-order valence-electron chi connectivity index (χ3n) is 4.50. The number of benzene rings is 1. The van der Waals surface area contributed by atoms with Crippen molar-refractivity contribution in [3.05, 3.63) is 69.7 Å². The van der Waals surface area contributed by atoms with E-state index in [1.54, 1.807) is 29.6 Å². The van der Waals surface area contributed by atoms with Crippen molar-refractivity contribution in [2.24, 2.45) is 0 Å². The second-order valence-corrected chi connectivity index (χ2v) is 8.89. The van der Waals surface area contributed by atoms with E-state index in [0.717, 1.165) is 5.57 Å². The fraction of sp³-hybridized carbons (Fsp3) is 0.250. The van der Waals surface area contributed by atoms with Crippen LogP contribution in [0.15, 0.2) is 53.4 Å². The third-order valence-corrected chi connectivity index (χ3v) is 5.27. The molecule has 31 heavy (non-hydrogen) atoms. The van der Waals surface area contributed by atoms with E-state index in [1.807, 2.05) is 39.0 Å². The SMILES string of the molecule is C#Cc1nc(C(=O)N(c2ccc(C#N)cc2)C(C(=O)NC(C)(C)C)C2=CC=CC2)cs1. The lowest BCUT2D eigenvalue weighted by Gasteiger charge is -2.34. The number of hydrogen-bond donors (Lipinski definition) is 1. The van der Waals surface area contributed by atoms with E-state index in [0.29, 0.717) is 22.7 Å². The molecule has 0 saturated heterocycles. The van der Waals surface area contributed by atoms with Gasteiger partial charge in [-0.2, -0.15) is 5.26 Å². The summed E-state index contributed by atoms with van der Waals surface area (Å²) in [5.41, 5.74) is 1.41. The van der Waals surface area contributed by atoms with E-state index in [9.17, 15) is 9.59 Å². The highest BCUT2D eigenvalue weighted by molar-refractivity contribution is 7.10. The normalized spacial score (nSPS) is 13.6. The van der Waals surface area contributed by atoms with Crippen molar-refractivity contribution in [2.45, 2.75) is 38.8 Å². The summed E-state index contributed by atoms with van der Waals surface area (Å²) >= 11 is 1.19.